The summed E-state index contributed by atoms with van der Waals surface area (Å²) in [6.45, 7) is 5.44. The third-order valence-electron chi connectivity index (χ3n) is 6.55. The molecule has 2 aromatic carbocycles. The molecule has 2 heterocycles. The van der Waals surface area contributed by atoms with Crippen LogP contribution in [0.15, 0.2) is 65.5 Å². The molecular weight excluding hydrogens is 472 g/mol. The molecule has 0 spiro atoms. The SMILES string of the molecule is CN1CCN(CCCN(C(=O)O)c2cccc(Cn3nc(-c4cccc(C(N)=O)c4)ccc3=O)c2)CC1. The van der Waals surface area contributed by atoms with E-state index >= 15 is 0 Å². The zero-order valence-electron chi connectivity index (χ0n) is 20.9. The Hall–Kier alpha value is -4.02. The number of benzene rings is 2. The van der Waals surface area contributed by atoms with Gasteiger partial charge in [0.25, 0.3) is 5.56 Å². The zero-order valence-corrected chi connectivity index (χ0v) is 20.9. The average molecular weight is 505 g/mol. The van der Waals surface area contributed by atoms with E-state index in [-0.39, 0.29) is 12.1 Å². The van der Waals surface area contributed by atoms with Gasteiger partial charge in [-0.05, 0) is 55.9 Å². The van der Waals surface area contributed by atoms with Crippen LogP contribution in [0.3, 0.4) is 0 Å². The van der Waals surface area contributed by atoms with Crippen molar-refractivity contribution in [2.75, 3.05) is 51.2 Å². The quantitative estimate of drug-likeness (QED) is 0.458. The van der Waals surface area contributed by atoms with Crippen LogP contribution in [0.5, 0.6) is 0 Å². The summed E-state index contributed by atoms with van der Waals surface area (Å²) in [6.07, 6.45) is -0.282. The van der Waals surface area contributed by atoms with Gasteiger partial charge in [-0.25, -0.2) is 9.48 Å². The number of hydrogen-bond acceptors (Lipinski definition) is 6. The van der Waals surface area contributed by atoms with Crippen LogP contribution in [-0.4, -0.2) is 83.0 Å². The van der Waals surface area contributed by atoms with Gasteiger partial charge in [-0.1, -0.05) is 24.3 Å². The van der Waals surface area contributed by atoms with Crippen LogP contribution in [0.2, 0.25) is 0 Å². The third kappa shape index (κ3) is 6.81. The van der Waals surface area contributed by atoms with Gasteiger partial charge in [-0.15, -0.1) is 0 Å². The molecule has 0 aliphatic carbocycles. The molecule has 1 saturated heterocycles. The van der Waals surface area contributed by atoms with E-state index in [0.717, 1.165) is 44.7 Å². The Morgan fingerprint density at radius 2 is 1.78 bits per heavy atom. The van der Waals surface area contributed by atoms with E-state index in [1.165, 1.54) is 15.6 Å². The highest BCUT2D eigenvalue weighted by molar-refractivity contribution is 5.94. The Morgan fingerprint density at radius 3 is 2.51 bits per heavy atom. The lowest BCUT2D eigenvalue weighted by molar-refractivity contribution is 0.1000. The lowest BCUT2D eigenvalue weighted by Crippen LogP contribution is -2.45. The topological polar surface area (TPSA) is 125 Å². The fourth-order valence-electron chi connectivity index (χ4n) is 4.40. The Bertz CT molecular complexity index is 1320. The normalized spacial score (nSPS) is 14.4. The smallest absolute Gasteiger partial charge is 0.411 e. The van der Waals surface area contributed by atoms with Crippen LogP contribution >= 0.6 is 0 Å². The number of amides is 2. The second kappa shape index (κ2) is 11.8. The maximum absolute atomic E-state index is 12.5. The number of likely N-dealkylation sites (N-methyl/N-ethyl adjacent to an activating group) is 1. The van der Waals surface area contributed by atoms with E-state index in [4.69, 9.17) is 5.73 Å². The van der Waals surface area contributed by atoms with Gasteiger partial charge in [0.15, 0.2) is 0 Å². The van der Waals surface area contributed by atoms with Gasteiger partial charge in [0.2, 0.25) is 5.91 Å². The fourth-order valence-corrected chi connectivity index (χ4v) is 4.40. The Kier molecular flexibility index (Phi) is 8.32. The molecule has 4 rings (SSSR count). The molecule has 0 unspecified atom stereocenters. The van der Waals surface area contributed by atoms with Crippen molar-refractivity contribution in [1.29, 1.82) is 0 Å². The van der Waals surface area contributed by atoms with E-state index in [1.807, 2.05) is 6.07 Å². The molecule has 1 aliphatic rings. The first-order chi connectivity index (χ1) is 17.8. The molecule has 10 nitrogen and oxygen atoms in total. The molecule has 194 valence electrons. The average Bonchev–Trinajstić information content (AvgIpc) is 2.89. The van der Waals surface area contributed by atoms with Crippen molar-refractivity contribution < 1.29 is 14.7 Å². The van der Waals surface area contributed by atoms with Crippen LogP contribution in [0.1, 0.15) is 22.3 Å². The molecule has 37 heavy (non-hydrogen) atoms. The maximum Gasteiger partial charge on any atom is 0.411 e. The summed E-state index contributed by atoms with van der Waals surface area (Å²) in [6, 6.07) is 16.9. The van der Waals surface area contributed by atoms with Crippen molar-refractivity contribution in [2.45, 2.75) is 13.0 Å². The minimum atomic E-state index is -1.01. The molecule has 0 bridgehead atoms. The molecule has 1 fully saturated rings. The van der Waals surface area contributed by atoms with Gasteiger partial charge in [-0.2, -0.15) is 5.10 Å². The number of carbonyl (C=O) groups excluding carboxylic acids is 1. The van der Waals surface area contributed by atoms with Crippen LogP contribution in [0.25, 0.3) is 11.3 Å². The number of anilines is 1. The summed E-state index contributed by atoms with van der Waals surface area (Å²) in [5.41, 5.74) is 7.94. The van der Waals surface area contributed by atoms with Crippen molar-refractivity contribution in [3.63, 3.8) is 0 Å². The molecule has 2 amide bonds. The van der Waals surface area contributed by atoms with Gasteiger partial charge in [0, 0.05) is 55.6 Å². The molecule has 0 atom stereocenters. The summed E-state index contributed by atoms with van der Waals surface area (Å²) < 4.78 is 1.32. The van der Waals surface area contributed by atoms with E-state index in [1.54, 1.807) is 48.5 Å². The number of carbonyl (C=O) groups is 2. The second-order valence-corrected chi connectivity index (χ2v) is 9.26. The van der Waals surface area contributed by atoms with Gasteiger partial charge < -0.3 is 20.6 Å². The van der Waals surface area contributed by atoms with Crippen LogP contribution < -0.4 is 16.2 Å². The molecule has 3 N–H and O–H groups in total. The Balaban J connectivity index is 1.48. The van der Waals surface area contributed by atoms with Crippen LogP contribution in [0.4, 0.5) is 10.5 Å². The number of primary amides is 1. The third-order valence-corrected chi connectivity index (χ3v) is 6.55. The van der Waals surface area contributed by atoms with Gasteiger partial charge in [-0.3, -0.25) is 14.5 Å². The fraction of sp³-hybridized carbons (Fsp3) is 0.333. The first-order valence-corrected chi connectivity index (χ1v) is 12.3. The number of piperazine rings is 1. The van der Waals surface area contributed by atoms with Crippen molar-refractivity contribution in [2.24, 2.45) is 5.73 Å². The molecular formula is C27H32N6O4. The molecule has 10 heteroatoms. The van der Waals surface area contributed by atoms with Crippen LogP contribution in [0, 0.1) is 0 Å². The molecule has 1 aliphatic heterocycles. The number of carboxylic acid groups (broad SMARTS) is 1. The number of nitrogens with zero attached hydrogens (tertiary/aromatic N) is 5. The minimum absolute atomic E-state index is 0.171. The highest BCUT2D eigenvalue weighted by atomic mass is 16.4. The highest BCUT2D eigenvalue weighted by Crippen LogP contribution is 2.20. The predicted molar refractivity (Wildman–Crippen MR) is 142 cm³/mol. The Morgan fingerprint density at radius 1 is 1.03 bits per heavy atom. The predicted octanol–water partition coefficient (Wildman–Crippen LogP) is 2.18. The van der Waals surface area contributed by atoms with E-state index in [9.17, 15) is 19.5 Å². The number of aromatic nitrogens is 2. The first kappa shape index (κ1) is 26.1. The second-order valence-electron chi connectivity index (χ2n) is 9.26. The van der Waals surface area contributed by atoms with Crippen molar-refractivity contribution in [3.05, 3.63) is 82.1 Å². The first-order valence-electron chi connectivity index (χ1n) is 12.3. The highest BCUT2D eigenvalue weighted by Gasteiger charge is 2.17. The van der Waals surface area contributed by atoms with Crippen molar-refractivity contribution in [3.8, 4) is 11.3 Å². The number of hydrogen-bond donors (Lipinski definition) is 2. The zero-order chi connectivity index (χ0) is 26.4. The minimum Gasteiger partial charge on any atom is -0.465 e. The molecule has 1 aromatic heterocycles. The lowest BCUT2D eigenvalue weighted by Gasteiger charge is -2.32. The molecule has 0 saturated carbocycles. The van der Waals surface area contributed by atoms with Crippen LogP contribution in [-0.2, 0) is 6.54 Å². The lowest BCUT2D eigenvalue weighted by atomic mass is 10.1. The molecule has 0 radical (unpaired) electrons. The van der Waals surface area contributed by atoms with Gasteiger partial charge in [0.1, 0.15) is 0 Å². The molecule has 3 aromatic rings. The summed E-state index contributed by atoms with van der Waals surface area (Å²) in [7, 11) is 2.11. The summed E-state index contributed by atoms with van der Waals surface area (Å²) >= 11 is 0. The summed E-state index contributed by atoms with van der Waals surface area (Å²) in [5.74, 6) is -0.543. The summed E-state index contributed by atoms with van der Waals surface area (Å²) in [4.78, 5) is 42.1. The maximum atomic E-state index is 12.5. The number of nitrogens with two attached hydrogens (primary N) is 1. The van der Waals surface area contributed by atoms with Gasteiger partial charge in [0.05, 0.1) is 12.2 Å². The summed E-state index contributed by atoms with van der Waals surface area (Å²) in [5, 5.41) is 14.3. The largest absolute Gasteiger partial charge is 0.465 e. The van der Waals surface area contributed by atoms with Gasteiger partial charge >= 0.3 is 6.09 Å². The van der Waals surface area contributed by atoms with Crippen molar-refractivity contribution >= 4 is 17.7 Å². The van der Waals surface area contributed by atoms with Crippen molar-refractivity contribution in [1.82, 2.24) is 19.6 Å². The van der Waals surface area contributed by atoms with E-state index in [2.05, 4.69) is 21.9 Å². The van der Waals surface area contributed by atoms with E-state index < -0.39 is 12.0 Å². The Labute approximate surface area is 215 Å². The monoisotopic (exact) mass is 504 g/mol. The standard InChI is InChI=1S/C27H32N6O4/c1-30-13-15-31(16-14-30)11-4-12-32(27(36)37)23-8-2-5-20(17-23)19-33-25(34)10-9-24(29-33)21-6-3-7-22(18-21)26(28)35/h2-3,5-10,17-18H,4,11-16,19H2,1H3,(H2,28,35)(H,36,37). The number of rotatable bonds is 9. The van der Waals surface area contributed by atoms with E-state index in [0.29, 0.717) is 29.1 Å².